The van der Waals surface area contributed by atoms with Crippen molar-refractivity contribution < 1.29 is 18.8 Å². The number of carbonyl (C=O) groups excluding carboxylic acids is 1. The predicted octanol–water partition coefficient (Wildman–Crippen LogP) is 4.42. The first-order chi connectivity index (χ1) is 15.0. The van der Waals surface area contributed by atoms with Crippen LogP contribution < -0.4 is 10.6 Å². The highest BCUT2D eigenvalue weighted by molar-refractivity contribution is 7.80. The van der Waals surface area contributed by atoms with E-state index < -0.39 is 12.4 Å². The molecular formula is C25H36NO4P. The first-order valence-corrected chi connectivity index (χ1v) is 12.7. The van der Waals surface area contributed by atoms with Crippen LogP contribution in [0.5, 0.6) is 0 Å². The van der Waals surface area contributed by atoms with Crippen LogP contribution in [0.1, 0.15) is 39.5 Å². The average molecular weight is 446 g/mol. The van der Waals surface area contributed by atoms with Gasteiger partial charge in [0.25, 0.3) is 0 Å². The monoisotopic (exact) mass is 445 g/mol. The molecule has 2 aromatic carbocycles. The molecule has 170 valence electrons. The molecule has 0 saturated heterocycles. The van der Waals surface area contributed by atoms with E-state index in [9.17, 15) is 4.79 Å². The fraction of sp³-hybridized carbons (Fsp3) is 0.480. The zero-order valence-corrected chi connectivity index (χ0v) is 20.1. The highest BCUT2D eigenvalue weighted by Crippen LogP contribution is 2.60. The Bertz CT molecular complexity index is 792. The Balaban J connectivity index is 2.87. The van der Waals surface area contributed by atoms with Crippen molar-refractivity contribution in [1.82, 2.24) is 4.90 Å². The van der Waals surface area contributed by atoms with Crippen LogP contribution in [0.25, 0.3) is 0 Å². The van der Waals surface area contributed by atoms with E-state index in [1.165, 1.54) is 7.11 Å². The molecule has 2 aromatic rings. The quantitative estimate of drug-likeness (QED) is 0.429. The third-order valence-electron chi connectivity index (χ3n) is 5.66. The number of methoxy groups -OCH3 is 2. The van der Waals surface area contributed by atoms with Gasteiger partial charge < -0.3 is 18.9 Å². The molecule has 0 bridgehead atoms. The third kappa shape index (κ3) is 5.28. The van der Waals surface area contributed by atoms with Gasteiger partial charge in [-0.05, 0) is 12.8 Å². The molecule has 0 aromatic heterocycles. The molecule has 0 aliphatic heterocycles. The van der Waals surface area contributed by atoms with Gasteiger partial charge in [0.05, 0.1) is 6.61 Å². The number of amides is 1. The Hall–Kier alpha value is -1.94. The molecule has 1 amide bonds. The van der Waals surface area contributed by atoms with Gasteiger partial charge in [-0.1, -0.05) is 87.4 Å². The lowest BCUT2D eigenvalue weighted by Gasteiger charge is -2.48. The molecule has 6 heteroatoms. The maximum atomic E-state index is 15.4. The van der Waals surface area contributed by atoms with Gasteiger partial charge in [0.15, 0.2) is 7.14 Å². The minimum absolute atomic E-state index is 0.0531. The number of nitrogens with zero attached hydrogens (tertiary/aromatic N) is 1. The van der Waals surface area contributed by atoms with Crippen LogP contribution in [-0.4, -0.2) is 50.1 Å². The van der Waals surface area contributed by atoms with Gasteiger partial charge in [-0.25, -0.2) is 0 Å². The summed E-state index contributed by atoms with van der Waals surface area (Å²) in [6, 6.07) is 19.1. The van der Waals surface area contributed by atoms with Gasteiger partial charge in [0, 0.05) is 31.4 Å². The van der Waals surface area contributed by atoms with Crippen LogP contribution in [0.4, 0.5) is 0 Å². The van der Waals surface area contributed by atoms with Crippen LogP contribution in [0.2, 0.25) is 0 Å². The van der Waals surface area contributed by atoms with E-state index in [2.05, 4.69) is 13.8 Å². The van der Waals surface area contributed by atoms with Crippen molar-refractivity contribution in [3.8, 4) is 0 Å². The summed E-state index contributed by atoms with van der Waals surface area (Å²) < 4.78 is 26.4. The van der Waals surface area contributed by atoms with Crippen molar-refractivity contribution in [3.63, 3.8) is 0 Å². The molecule has 0 fully saturated rings. The summed E-state index contributed by atoms with van der Waals surface area (Å²) in [5.74, 6) is -0.159. The summed E-state index contributed by atoms with van der Waals surface area (Å²) in [4.78, 5) is 15.2. The van der Waals surface area contributed by atoms with E-state index in [1.54, 1.807) is 12.0 Å². The topological polar surface area (TPSA) is 55.8 Å². The van der Waals surface area contributed by atoms with E-state index in [-0.39, 0.29) is 19.1 Å². The molecule has 5 nitrogen and oxygen atoms in total. The molecule has 0 radical (unpaired) electrons. The van der Waals surface area contributed by atoms with Crippen molar-refractivity contribution in [2.24, 2.45) is 0 Å². The maximum absolute atomic E-state index is 15.4. The van der Waals surface area contributed by atoms with E-state index in [0.717, 1.165) is 29.9 Å². The summed E-state index contributed by atoms with van der Waals surface area (Å²) >= 11 is 0. The molecule has 31 heavy (non-hydrogen) atoms. The van der Waals surface area contributed by atoms with Crippen LogP contribution in [0, 0.1) is 0 Å². The number of rotatable bonds is 13. The Morgan fingerprint density at radius 3 is 1.87 bits per heavy atom. The summed E-state index contributed by atoms with van der Waals surface area (Å²) in [7, 11) is -0.217. The van der Waals surface area contributed by atoms with Gasteiger partial charge in [-0.15, -0.1) is 0 Å². The Labute approximate surface area is 187 Å². The molecule has 0 heterocycles. The zero-order valence-electron chi connectivity index (χ0n) is 19.3. The number of hydrogen-bond donors (Lipinski definition) is 0. The second-order valence-electron chi connectivity index (χ2n) is 7.78. The fourth-order valence-corrected chi connectivity index (χ4v) is 8.17. The smallest absolute Gasteiger partial charge is 0.249 e. The first kappa shape index (κ1) is 25.3. The standard InChI is InChI=1S/C25H36NO4P/c1-5-7-19-26(24(27)20-29-3)25(18-6-2,21-30-4)31(28,22-14-10-8-11-15-22)23-16-12-9-13-17-23/h8-17H,5-7,18-21H2,1-4H3. The van der Waals surface area contributed by atoms with E-state index in [0.29, 0.717) is 13.0 Å². The van der Waals surface area contributed by atoms with E-state index in [1.807, 2.05) is 60.7 Å². The van der Waals surface area contributed by atoms with Crippen molar-refractivity contribution in [3.05, 3.63) is 60.7 Å². The largest absolute Gasteiger partial charge is 0.382 e. The van der Waals surface area contributed by atoms with Crippen LogP contribution in [0.3, 0.4) is 0 Å². The molecular weight excluding hydrogens is 409 g/mol. The summed E-state index contributed by atoms with van der Waals surface area (Å²) in [6.45, 7) is 4.78. The summed E-state index contributed by atoms with van der Waals surface area (Å²) in [6.07, 6.45) is 3.05. The fourth-order valence-electron chi connectivity index (χ4n) is 4.32. The van der Waals surface area contributed by atoms with E-state index in [4.69, 9.17) is 9.47 Å². The molecule has 0 N–H and O–H groups in total. The first-order valence-electron chi connectivity index (χ1n) is 11.0. The van der Waals surface area contributed by atoms with Gasteiger partial charge in [-0.3, -0.25) is 4.79 Å². The minimum atomic E-state index is -3.35. The second kappa shape index (κ2) is 12.2. The lowest BCUT2D eigenvalue weighted by Crippen LogP contribution is -2.58. The van der Waals surface area contributed by atoms with Crippen molar-refractivity contribution >= 4 is 23.7 Å². The zero-order chi connectivity index (χ0) is 22.7. The van der Waals surface area contributed by atoms with Gasteiger partial charge in [0.1, 0.15) is 11.9 Å². The van der Waals surface area contributed by atoms with E-state index >= 15 is 4.57 Å². The van der Waals surface area contributed by atoms with Crippen LogP contribution in [-0.2, 0) is 18.8 Å². The Kier molecular flexibility index (Phi) is 9.95. The summed E-state index contributed by atoms with van der Waals surface area (Å²) in [5, 5.41) is 0.459. The maximum Gasteiger partial charge on any atom is 0.249 e. The second-order valence-corrected chi connectivity index (χ2v) is 10.9. The summed E-state index contributed by atoms with van der Waals surface area (Å²) in [5.41, 5.74) is 0. The van der Waals surface area contributed by atoms with Gasteiger partial charge in [-0.2, -0.15) is 0 Å². The minimum Gasteiger partial charge on any atom is -0.382 e. The van der Waals surface area contributed by atoms with Crippen molar-refractivity contribution in [2.45, 2.75) is 44.8 Å². The van der Waals surface area contributed by atoms with Crippen molar-refractivity contribution in [2.75, 3.05) is 34.0 Å². The molecule has 1 atom stereocenters. The number of benzene rings is 2. The number of carbonyl (C=O) groups is 1. The average Bonchev–Trinajstić information content (AvgIpc) is 2.80. The molecule has 0 aliphatic rings. The molecule has 0 spiro atoms. The number of hydrogen-bond acceptors (Lipinski definition) is 4. The molecule has 2 rings (SSSR count). The highest BCUT2D eigenvalue weighted by atomic mass is 31.2. The highest BCUT2D eigenvalue weighted by Gasteiger charge is 2.54. The molecule has 1 unspecified atom stereocenters. The van der Waals surface area contributed by atoms with Crippen molar-refractivity contribution in [1.29, 1.82) is 0 Å². The number of unbranched alkanes of at least 4 members (excludes halogenated alkanes) is 1. The SMILES string of the molecule is CCCCN(C(=O)COC)C(CCC)(COC)P(=O)(c1ccccc1)c1ccccc1. The van der Waals surface area contributed by atoms with Crippen LogP contribution in [0.15, 0.2) is 60.7 Å². The lowest BCUT2D eigenvalue weighted by molar-refractivity contribution is -0.140. The molecule has 0 saturated carbocycles. The molecule has 0 aliphatic carbocycles. The van der Waals surface area contributed by atoms with Gasteiger partial charge >= 0.3 is 0 Å². The third-order valence-corrected chi connectivity index (χ3v) is 9.48. The predicted molar refractivity (Wildman–Crippen MR) is 128 cm³/mol. The Morgan fingerprint density at radius 1 is 0.903 bits per heavy atom. The van der Waals surface area contributed by atoms with Crippen LogP contribution >= 0.6 is 7.14 Å². The van der Waals surface area contributed by atoms with Gasteiger partial charge in [0.2, 0.25) is 5.91 Å². The lowest BCUT2D eigenvalue weighted by atomic mass is 10.1. The Morgan fingerprint density at radius 2 is 1.45 bits per heavy atom. The number of ether oxygens (including phenoxy) is 2. The normalized spacial score (nSPS) is 13.5.